The van der Waals surface area contributed by atoms with Crippen molar-refractivity contribution in [2.45, 2.75) is 26.1 Å². The van der Waals surface area contributed by atoms with Crippen molar-refractivity contribution in [3.63, 3.8) is 0 Å². The highest BCUT2D eigenvalue weighted by Gasteiger charge is 1.76. The first kappa shape index (κ1) is 1.83. The third-order valence-electron chi connectivity index (χ3n) is 0.381. The lowest BCUT2D eigenvalue weighted by molar-refractivity contribution is 0.284. The Hall–Kier alpha value is -0.0400. The molecule has 0 aliphatic heterocycles. The van der Waals surface area contributed by atoms with Gasteiger partial charge in [0.05, 0.1) is 0 Å². The standard InChI is InChI=1S/C5H12O/c1-2-3-4-5-6/h6H,2-5H2,1H3/i3D2,4D2. The van der Waals surface area contributed by atoms with Crippen molar-refractivity contribution in [1.29, 1.82) is 0 Å². The summed E-state index contributed by atoms with van der Waals surface area (Å²) in [6.07, 6.45) is -3.98. The summed E-state index contributed by atoms with van der Waals surface area (Å²) in [5.41, 5.74) is 0. The summed E-state index contributed by atoms with van der Waals surface area (Å²) in [6, 6.07) is 0. The molecule has 0 rings (SSSR count). The molecule has 0 saturated heterocycles. The maximum Gasteiger partial charge on any atom is 0.0431 e. The SMILES string of the molecule is [2H]C([2H])(CC)C([2H])([2H])CO. The minimum atomic E-state index is -2.12. The van der Waals surface area contributed by atoms with Gasteiger partial charge in [0.25, 0.3) is 0 Å². The molecule has 0 aromatic carbocycles. The summed E-state index contributed by atoms with van der Waals surface area (Å²) in [5, 5.41) is 8.45. The molecule has 0 saturated carbocycles. The van der Waals surface area contributed by atoms with E-state index in [9.17, 15) is 0 Å². The summed E-state index contributed by atoms with van der Waals surface area (Å²) in [4.78, 5) is 0. The third kappa shape index (κ3) is 3.96. The summed E-state index contributed by atoms with van der Waals surface area (Å²) in [7, 11) is 0. The van der Waals surface area contributed by atoms with Gasteiger partial charge < -0.3 is 5.11 Å². The molecule has 0 fully saturated rings. The number of aliphatic hydroxyl groups excluding tert-OH is 1. The predicted octanol–water partition coefficient (Wildman–Crippen LogP) is 1.17. The lowest BCUT2D eigenvalue weighted by atomic mass is 10.3. The van der Waals surface area contributed by atoms with Gasteiger partial charge in [-0.3, -0.25) is 0 Å². The molecule has 0 amide bonds. The highest BCUT2D eigenvalue weighted by molar-refractivity contribution is 4.30. The van der Waals surface area contributed by atoms with Gasteiger partial charge in [-0.15, -0.1) is 0 Å². The van der Waals surface area contributed by atoms with Crippen molar-refractivity contribution in [3.8, 4) is 0 Å². The largest absolute Gasteiger partial charge is 0.396 e. The first-order chi connectivity index (χ1) is 4.37. The fourth-order valence-electron chi connectivity index (χ4n) is 0.181. The monoisotopic (exact) mass is 92.1 g/mol. The summed E-state index contributed by atoms with van der Waals surface area (Å²) < 4.78 is 28.3. The zero-order valence-electron chi connectivity index (χ0n) is 7.86. The van der Waals surface area contributed by atoms with Crippen LogP contribution in [0, 0.1) is 0 Å². The summed E-state index contributed by atoms with van der Waals surface area (Å²) in [5.74, 6) is 0. The number of aliphatic hydroxyl groups is 1. The third-order valence-corrected chi connectivity index (χ3v) is 0.381. The molecule has 0 aliphatic carbocycles. The normalized spacial score (nSPS) is 23.7. The fraction of sp³-hybridized carbons (Fsp3) is 1.00. The topological polar surface area (TPSA) is 20.2 Å². The molecule has 0 bridgehead atoms. The molecule has 1 nitrogen and oxygen atoms in total. The number of rotatable bonds is 3. The van der Waals surface area contributed by atoms with Crippen molar-refractivity contribution in [3.05, 3.63) is 0 Å². The molecule has 0 atom stereocenters. The predicted molar refractivity (Wildman–Crippen MR) is 26.6 cm³/mol. The number of hydrogen-bond acceptors (Lipinski definition) is 1. The van der Waals surface area contributed by atoms with Gasteiger partial charge in [0.1, 0.15) is 0 Å². The Labute approximate surface area is 44.6 Å². The van der Waals surface area contributed by atoms with E-state index in [4.69, 9.17) is 10.6 Å². The minimum absolute atomic E-state index is 0.0700. The number of hydrogen-bond donors (Lipinski definition) is 1. The molecule has 0 unspecified atom stereocenters. The molecule has 6 heavy (non-hydrogen) atoms. The Bertz CT molecular complexity index is 98.2. The molecular formula is C5H12O. The van der Waals surface area contributed by atoms with Gasteiger partial charge in [-0.25, -0.2) is 0 Å². The van der Waals surface area contributed by atoms with Crippen molar-refractivity contribution in [1.82, 2.24) is 0 Å². The van der Waals surface area contributed by atoms with Crippen molar-refractivity contribution >= 4 is 0 Å². The van der Waals surface area contributed by atoms with Crippen LogP contribution in [0.4, 0.5) is 0 Å². The molecule has 1 heteroatoms. The van der Waals surface area contributed by atoms with E-state index in [2.05, 4.69) is 0 Å². The summed E-state index contributed by atoms with van der Waals surface area (Å²) >= 11 is 0. The van der Waals surface area contributed by atoms with Crippen LogP contribution < -0.4 is 0 Å². The first-order valence-electron chi connectivity index (χ1n) is 3.98. The molecule has 0 radical (unpaired) electrons. The van der Waals surface area contributed by atoms with E-state index in [0.717, 1.165) is 0 Å². The van der Waals surface area contributed by atoms with Crippen LogP contribution in [0.3, 0.4) is 0 Å². The maximum absolute atomic E-state index is 8.45. The molecule has 0 aromatic heterocycles. The van der Waals surface area contributed by atoms with Crippen molar-refractivity contribution < 1.29 is 10.6 Å². The molecule has 1 N–H and O–H groups in total. The maximum atomic E-state index is 8.45. The second-order valence-electron chi connectivity index (χ2n) is 0.865. The van der Waals surface area contributed by atoms with E-state index in [1.165, 1.54) is 0 Å². The van der Waals surface area contributed by atoms with E-state index >= 15 is 0 Å². The van der Waals surface area contributed by atoms with Gasteiger partial charge in [0.15, 0.2) is 0 Å². The summed E-state index contributed by atoms with van der Waals surface area (Å²) in [6.45, 7) is 0.779. The van der Waals surface area contributed by atoms with Gasteiger partial charge in [-0.1, -0.05) is 19.7 Å². The lowest BCUT2D eigenvalue weighted by Crippen LogP contribution is -1.78. The van der Waals surface area contributed by atoms with E-state index in [1.807, 2.05) is 0 Å². The second kappa shape index (κ2) is 4.96. The quantitative estimate of drug-likeness (QED) is 0.554. The van der Waals surface area contributed by atoms with Crippen LogP contribution in [0.1, 0.15) is 31.6 Å². The lowest BCUT2D eigenvalue weighted by Gasteiger charge is -1.85. The van der Waals surface area contributed by atoms with Gasteiger partial charge in [-0.2, -0.15) is 0 Å². The Kier molecular flexibility index (Phi) is 1.51. The van der Waals surface area contributed by atoms with Gasteiger partial charge in [0.2, 0.25) is 0 Å². The van der Waals surface area contributed by atoms with Crippen LogP contribution in [0.5, 0.6) is 0 Å². The van der Waals surface area contributed by atoms with E-state index in [0.29, 0.717) is 0 Å². The molecule has 0 heterocycles. The zero-order valence-corrected chi connectivity index (χ0v) is 3.86. The Balaban J connectivity index is 4.28. The van der Waals surface area contributed by atoms with E-state index in [-0.39, 0.29) is 6.42 Å². The van der Waals surface area contributed by atoms with Crippen LogP contribution in [0.15, 0.2) is 0 Å². The van der Waals surface area contributed by atoms with E-state index in [1.54, 1.807) is 6.92 Å². The average Bonchev–Trinajstić information content (AvgIpc) is 1.88. The molecule has 0 aromatic rings. The van der Waals surface area contributed by atoms with Crippen LogP contribution in [-0.2, 0) is 0 Å². The Morgan fingerprint density at radius 1 is 1.67 bits per heavy atom. The smallest absolute Gasteiger partial charge is 0.0431 e. The van der Waals surface area contributed by atoms with Gasteiger partial charge in [0, 0.05) is 12.1 Å². The molecule has 38 valence electrons. The highest BCUT2D eigenvalue weighted by Crippen LogP contribution is 1.89. The second-order valence-corrected chi connectivity index (χ2v) is 0.865. The van der Waals surface area contributed by atoms with Crippen LogP contribution >= 0.6 is 0 Å². The Morgan fingerprint density at radius 3 is 2.50 bits per heavy atom. The zero-order chi connectivity index (χ0) is 8.41. The highest BCUT2D eigenvalue weighted by atomic mass is 16.2. The van der Waals surface area contributed by atoms with E-state index < -0.39 is 19.4 Å². The van der Waals surface area contributed by atoms with Crippen molar-refractivity contribution in [2.24, 2.45) is 0 Å². The van der Waals surface area contributed by atoms with Crippen LogP contribution in [-0.4, -0.2) is 11.7 Å². The molecule has 0 aliphatic rings. The first-order valence-corrected chi connectivity index (χ1v) is 1.98. The van der Waals surface area contributed by atoms with Crippen LogP contribution in [0.25, 0.3) is 0 Å². The average molecular weight is 92.2 g/mol. The molecule has 0 spiro atoms. The fourth-order valence-corrected chi connectivity index (χ4v) is 0.181. The van der Waals surface area contributed by atoms with Gasteiger partial charge in [-0.05, 0) is 6.37 Å². The van der Waals surface area contributed by atoms with Crippen LogP contribution in [0.2, 0.25) is 0 Å². The van der Waals surface area contributed by atoms with Gasteiger partial charge >= 0.3 is 0 Å². The Morgan fingerprint density at radius 2 is 2.33 bits per heavy atom. The minimum Gasteiger partial charge on any atom is -0.396 e. The van der Waals surface area contributed by atoms with Crippen molar-refractivity contribution in [2.75, 3.05) is 6.61 Å². The molecular weight excluding hydrogens is 76.1 g/mol.